The van der Waals surface area contributed by atoms with Crippen LogP contribution in [0.3, 0.4) is 0 Å². The molecule has 0 radical (unpaired) electrons. The highest BCUT2D eigenvalue weighted by molar-refractivity contribution is 6.06. The maximum absolute atomic E-state index is 13.3. The Morgan fingerprint density at radius 3 is 2.74 bits per heavy atom. The second-order valence-electron chi connectivity index (χ2n) is 5.67. The summed E-state index contributed by atoms with van der Waals surface area (Å²) in [5.41, 5.74) is 0.842. The molecule has 3 rings (SSSR count). The van der Waals surface area contributed by atoms with Crippen molar-refractivity contribution in [3.8, 4) is 0 Å². The third-order valence-electron chi connectivity index (χ3n) is 4.02. The minimum absolute atomic E-state index is 0.0626. The van der Waals surface area contributed by atoms with Crippen LogP contribution in [0.25, 0.3) is 10.9 Å². The SMILES string of the molecule is Cc1cc(C(=O)N2CCCC2C(F)(F)F)c2ccc(F)cc2n1. The number of alkyl halides is 3. The second-order valence-corrected chi connectivity index (χ2v) is 5.67. The number of likely N-dealkylation sites (tertiary alicyclic amines) is 1. The lowest BCUT2D eigenvalue weighted by molar-refractivity contribution is -0.169. The molecular weight excluding hydrogens is 312 g/mol. The Bertz CT molecular complexity index is 767. The molecule has 1 aromatic carbocycles. The van der Waals surface area contributed by atoms with Crippen molar-refractivity contribution >= 4 is 16.8 Å². The molecule has 1 fully saturated rings. The summed E-state index contributed by atoms with van der Waals surface area (Å²) < 4.78 is 52.6. The summed E-state index contributed by atoms with van der Waals surface area (Å²) in [5.74, 6) is -1.20. The minimum atomic E-state index is -4.45. The van der Waals surface area contributed by atoms with Crippen LogP contribution < -0.4 is 0 Å². The number of benzene rings is 1. The number of amides is 1. The molecule has 1 atom stereocenters. The van der Waals surface area contributed by atoms with E-state index in [2.05, 4.69) is 4.98 Å². The van der Waals surface area contributed by atoms with Crippen LogP contribution in [0.1, 0.15) is 28.9 Å². The molecule has 2 aromatic rings. The Morgan fingerprint density at radius 2 is 2.04 bits per heavy atom. The first kappa shape index (κ1) is 15.7. The summed E-state index contributed by atoms with van der Waals surface area (Å²) >= 11 is 0. The third kappa shape index (κ3) is 2.87. The number of pyridine rings is 1. The van der Waals surface area contributed by atoms with Crippen LogP contribution in [0.4, 0.5) is 17.6 Å². The summed E-state index contributed by atoms with van der Waals surface area (Å²) in [6, 6.07) is 3.40. The van der Waals surface area contributed by atoms with E-state index in [1.807, 2.05) is 0 Å². The molecule has 1 saturated heterocycles. The lowest BCUT2D eigenvalue weighted by atomic mass is 10.1. The number of carbonyl (C=O) groups is 1. The van der Waals surface area contributed by atoms with Gasteiger partial charge in [-0.25, -0.2) is 4.39 Å². The zero-order valence-electron chi connectivity index (χ0n) is 12.3. The number of nitrogens with zero attached hydrogens (tertiary/aromatic N) is 2. The lowest BCUT2D eigenvalue weighted by Gasteiger charge is -2.27. The van der Waals surface area contributed by atoms with Crippen LogP contribution in [0.2, 0.25) is 0 Å². The highest BCUT2D eigenvalue weighted by Crippen LogP contribution is 2.34. The van der Waals surface area contributed by atoms with Crippen molar-refractivity contribution in [2.24, 2.45) is 0 Å². The monoisotopic (exact) mass is 326 g/mol. The van der Waals surface area contributed by atoms with Gasteiger partial charge in [-0.2, -0.15) is 13.2 Å². The van der Waals surface area contributed by atoms with Gasteiger partial charge in [-0.3, -0.25) is 9.78 Å². The standard InChI is InChI=1S/C16H14F4N2O/c1-9-7-12(11-5-4-10(17)8-13(11)21-9)15(23)22-6-2-3-14(22)16(18,19)20/h4-5,7-8,14H,2-3,6H2,1H3. The van der Waals surface area contributed by atoms with Crippen LogP contribution >= 0.6 is 0 Å². The molecule has 2 heterocycles. The lowest BCUT2D eigenvalue weighted by Crippen LogP contribution is -2.44. The molecule has 1 aromatic heterocycles. The van der Waals surface area contributed by atoms with Crippen LogP contribution in [-0.2, 0) is 0 Å². The summed E-state index contributed by atoms with van der Waals surface area (Å²) in [7, 11) is 0. The van der Waals surface area contributed by atoms with E-state index in [-0.39, 0.29) is 24.0 Å². The van der Waals surface area contributed by atoms with Gasteiger partial charge in [0.2, 0.25) is 0 Å². The minimum Gasteiger partial charge on any atom is -0.327 e. The largest absolute Gasteiger partial charge is 0.408 e. The zero-order chi connectivity index (χ0) is 16.8. The number of halogens is 4. The molecule has 1 amide bonds. The Kier molecular flexibility index (Phi) is 3.74. The quantitative estimate of drug-likeness (QED) is 0.746. The first-order valence-corrected chi connectivity index (χ1v) is 7.22. The van der Waals surface area contributed by atoms with E-state index in [0.29, 0.717) is 17.5 Å². The normalized spacial score (nSPS) is 18.7. The van der Waals surface area contributed by atoms with Crippen molar-refractivity contribution in [3.63, 3.8) is 0 Å². The van der Waals surface area contributed by atoms with E-state index in [1.165, 1.54) is 24.3 Å². The van der Waals surface area contributed by atoms with E-state index in [0.717, 1.165) is 4.90 Å². The molecule has 0 N–H and O–H groups in total. The zero-order valence-corrected chi connectivity index (χ0v) is 12.3. The van der Waals surface area contributed by atoms with Gasteiger partial charge < -0.3 is 4.90 Å². The molecule has 0 aliphatic carbocycles. The molecule has 3 nitrogen and oxygen atoms in total. The molecule has 122 valence electrons. The molecule has 1 aliphatic rings. The van der Waals surface area contributed by atoms with Crippen LogP contribution in [0, 0.1) is 12.7 Å². The van der Waals surface area contributed by atoms with Crippen molar-refractivity contribution < 1.29 is 22.4 Å². The first-order chi connectivity index (χ1) is 10.8. The predicted molar refractivity (Wildman–Crippen MR) is 76.6 cm³/mol. The van der Waals surface area contributed by atoms with Crippen molar-refractivity contribution in [2.75, 3.05) is 6.54 Å². The summed E-state index contributed by atoms with van der Waals surface area (Å²) in [6.07, 6.45) is -4.23. The van der Waals surface area contributed by atoms with Crippen molar-refractivity contribution in [3.05, 3.63) is 41.3 Å². The van der Waals surface area contributed by atoms with Gasteiger partial charge in [-0.15, -0.1) is 0 Å². The second kappa shape index (κ2) is 5.47. The van der Waals surface area contributed by atoms with Crippen molar-refractivity contribution in [1.29, 1.82) is 0 Å². The average Bonchev–Trinajstić information content (AvgIpc) is 2.94. The Labute approximate surface area is 129 Å². The topological polar surface area (TPSA) is 33.2 Å². The first-order valence-electron chi connectivity index (χ1n) is 7.22. The highest BCUT2D eigenvalue weighted by Gasteiger charge is 2.48. The van der Waals surface area contributed by atoms with E-state index in [1.54, 1.807) is 6.92 Å². The molecule has 0 saturated carbocycles. The van der Waals surface area contributed by atoms with Gasteiger partial charge in [0.25, 0.3) is 5.91 Å². The van der Waals surface area contributed by atoms with Crippen molar-refractivity contribution in [2.45, 2.75) is 32.0 Å². The summed E-state index contributed by atoms with van der Waals surface area (Å²) in [6.45, 7) is 1.68. The summed E-state index contributed by atoms with van der Waals surface area (Å²) in [4.78, 5) is 17.7. The molecule has 23 heavy (non-hydrogen) atoms. The van der Waals surface area contributed by atoms with Gasteiger partial charge in [0, 0.05) is 23.7 Å². The maximum Gasteiger partial charge on any atom is 0.408 e. The van der Waals surface area contributed by atoms with Crippen LogP contribution in [0.15, 0.2) is 24.3 Å². The molecule has 1 aliphatic heterocycles. The molecule has 7 heteroatoms. The fourth-order valence-corrected chi connectivity index (χ4v) is 3.02. The molecule has 1 unspecified atom stereocenters. The number of carbonyl (C=O) groups excluding carboxylic acids is 1. The van der Waals surface area contributed by atoms with Crippen LogP contribution in [0.5, 0.6) is 0 Å². The fraction of sp³-hybridized carbons (Fsp3) is 0.375. The van der Waals surface area contributed by atoms with E-state index >= 15 is 0 Å². The third-order valence-corrected chi connectivity index (χ3v) is 4.02. The molecule has 0 bridgehead atoms. The van der Waals surface area contributed by atoms with E-state index in [4.69, 9.17) is 0 Å². The van der Waals surface area contributed by atoms with Gasteiger partial charge in [0.05, 0.1) is 11.1 Å². The van der Waals surface area contributed by atoms with E-state index in [9.17, 15) is 22.4 Å². The summed E-state index contributed by atoms with van der Waals surface area (Å²) in [5, 5.41) is 0.356. The van der Waals surface area contributed by atoms with Gasteiger partial charge >= 0.3 is 6.18 Å². The average molecular weight is 326 g/mol. The number of rotatable bonds is 1. The Balaban J connectivity index is 2.07. The predicted octanol–water partition coefficient (Wildman–Crippen LogP) is 3.85. The number of aromatic nitrogens is 1. The smallest absolute Gasteiger partial charge is 0.327 e. The Hall–Kier alpha value is -2.18. The maximum atomic E-state index is 13.3. The molecular formula is C16H14F4N2O. The van der Waals surface area contributed by atoms with E-state index < -0.39 is 23.9 Å². The van der Waals surface area contributed by atoms with Crippen molar-refractivity contribution in [1.82, 2.24) is 9.88 Å². The van der Waals surface area contributed by atoms with Gasteiger partial charge in [-0.1, -0.05) is 0 Å². The van der Waals surface area contributed by atoms with Crippen LogP contribution in [-0.4, -0.2) is 34.6 Å². The van der Waals surface area contributed by atoms with Gasteiger partial charge in [0.1, 0.15) is 11.9 Å². The molecule has 0 spiro atoms. The number of fused-ring (bicyclic) bond motifs is 1. The van der Waals surface area contributed by atoms with Gasteiger partial charge in [-0.05, 0) is 38.0 Å². The highest BCUT2D eigenvalue weighted by atomic mass is 19.4. The number of hydrogen-bond acceptors (Lipinski definition) is 2. The fourth-order valence-electron chi connectivity index (χ4n) is 3.02. The Morgan fingerprint density at radius 1 is 1.30 bits per heavy atom. The number of hydrogen-bond donors (Lipinski definition) is 0. The number of aryl methyl sites for hydroxylation is 1. The van der Waals surface area contributed by atoms with Gasteiger partial charge in [0.15, 0.2) is 0 Å².